The molecular weight excluding hydrogens is 286 g/mol. The summed E-state index contributed by atoms with van der Waals surface area (Å²) in [6.45, 7) is 0. The molecule has 0 bridgehead atoms. The summed E-state index contributed by atoms with van der Waals surface area (Å²) in [5, 5.41) is -5.88. The van der Waals surface area contributed by atoms with Gasteiger partial charge in [-0.3, -0.25) is 4.55 Å². The van der Waals surface area contributed by atoms with Crippen molar-refractivity contribution in [3.05, 3.63) is 0 Å². The zero-order valence-corrected chi connectivity index (χ0v) is 9.56. The Labute approximate surface area is 91.9 Å². The highest BCUT2D eigenvalue weighted by Gasteiger charge is 2.64. The Morgan fingerprint density at radius 1 is 1.12 bits per heavy atom. The third-order valence-electron chi connectivity index (χ3n) is 0.926. The molecule has 11 heteroatoms. The van der Waals surface area contributed by atoms with Gasteiger partial charge in [-0.05, 0) is 12.5 Å². The van der Waals surface area contributed by atoms with E-state index in [1.54, 1.807) is 11.8 Å². The first kappa shape index (κ1) is 18.2. The van der Waals surface area contributed by atoms with E-state index < -0.39 is 27.7 Å². The molecule has 0 radical (unpaired) electrons. The number of thioether (sulfide) groups is 1. The number of alkyl halides is 6. The molecule has 0 heterocycles. The summed E-state index contributed by atoms with van der Waals surface area (Å²) >= 11 is 1.75. The standard InChI is InChI=1S/C3H2F6O3S.C2H6S/c4-1(2(5,6)7)3(8,9)13(10,11)12;1-3-2/h1H,(H,10,11,12);1-2H3. The van der Waals surface area contributed by atoms with Crippen molar-refractivity contribution < 1.29 is 39.3 Å². The molecule has 0 aromatic carbocycles. The van der Waals surface area contributed by atoms with Crippen LogP contribution in [0.25, 0.3) is 0 Å². The molecule has 0 amide bonds. The maximum atomic E-state index is 11.9. The normalized spacial score (nSPS) is 15.1. The minimum Gasteiger partial charge on any atom is -0.281 e. The quantitative estimate of drug-likeness (QED) is 0.627. The maximum Gasteiger partial charge on any atom is 0.426 e. The highest BCUT2D eigenvalue weighted by atomic mass is 32.2. The fourth-order valence-corrected chi connectivity index (χ4v) is 0.716. The molecule has 0 aliphatic rings. The summed E-state index contributed by atoms with van der Waals surface area (Å²) in [5.41, 5.74) is 0. The molecular formula is C5H8F6O3S2. The van der Waals surface area contributed by atoms with E-state index >= 15 is 0 Å². The SMILES string of the molecule is CSC.O=S(=O)(O)C(F)(F)C(F)C(F)(F)F. The summed E-state index contributed by atoms with van der Waals surface area (Å²) in [6, 6.07) is 0. The minimum absolute atomic E-state index is 1.75. The van der Waals surface area contributed by atoms with Gasteiger partial charge in [0, 0.05) is 0 Å². The highest BCUT2D eigenvalue weighted by Crippen LogP contribution is 2.37. The molecule has 0 aromatic heterocycles. The molecule has 0 saturated heterocycles. The first-order valence-electron chi connectivity index (χ1n) is 3.28. The summed E-state index contributed by atoms with van der Waals surface area (Å²) in [7, 11) is -6.41. The number of hydrogen-bond donors (Lipinski definition) is 1. The van der Waals surface area contributed by atoms with Crippen LogP contribution in [0.1, 0.15) is 0 Å². The number of halogens is 6. The molecule has 0 spiro atoms. The predicted octanol–water partition coefficient (Wildman–Crippen LogP) is 2.35. The van der Waals surface area contributed by atoms with E-state index in [9.17, 15) is 34.8 Å². The van der Waals surface area contributed by atoms with Crippen LogP contribution in [0.4, 0.5) is 26.3 Å². The highest BCUT2D eigenvalue weighted by molar-refractivity contribution is 7.97. The Morgan fingerprint density at radius 2 is 1.38 bits per heavy atom. The van der Waals surface area contributed by atoms with Gasteiger partial charge in [0.25, 0.3) is 6.17 Å². The molecule has 1 atom stereocenters. The van der Waals surface area contributed by atoms with E-state index in [1.807, 2.05) is 12.5 Å². The van der Waals surface area contributed by atoms with Gasteiger partial charge in [-0.2, -0.15) is 42.1 Å². The van der Waals surface area contributed by atoms with Crippen molar-refractivity contribution >= 4 is 21.9 Å². The van der Waals surface area contributed by atoms with E-state index in [0.29, 0.717) is 0 Å². The molecule has 0 aromatic rings. The van der Waals surface area contributed by atoms with Crippen LogP contribution >= 0.6 is 11.8 Å². The lowest BCUT2D eigenvalue weighted by Gasteiger charge is -2.19. The van der Waals surface area contributed by atoms with Crippen LogP contribution in [0.2, 0.25) is 0 Å². The Balaban J connectivity index is 0. The fourth-order valence-electron chi connectivity index (χ4n) is 0.321. The lowest BCUT2D eigenvalue weighted by Crippen LogP contribution is -2.46. The monoisotopic (exact) mass is 294 g/mol. The van der Waals surface area contributed by atoms with Crippen molar-refractivity contribution in [2.24, 2.45) is 0 Å². The van der Waals surface area contributed by atoms with Gasteiger partial charge in [0.05, 0.1) is 0 Å². The molecule has 3 nitrogen and oxygen atoms in total. The van der Waals surface area contributed by atoms with Gasteiger partial charge < -0.3 is 0 Å². The largest absolute Gasteiger partial charge is 0.426 e. The zero-order valence-electron chi connectivity index (χ0n) is 7.93. The van der Waals surface area contributed by atoms with Crippen LogP contribution in [0.3, 0.4) is 0 Å². The molecule has 0 aliphatic carbocycles. The molecule has 0 rings (SSSR count). The second-order valence-corrected chi connectivity index (χ2v) is 4.66. The molecule has 1 unspecified atom stereocenters. The fraction of sp³-hybridized carbons (Fsp3) is 1.00. The first-order chi connectivity index (χ1) is 6.82. The molecule has 0 fully saturated rings. The van der Waals surface area contributed by atoms with Crippen LogP contribution in [-0.2, 0) is 10.1 Å². The third kappa shape index (κ3) is 5.25. The van der Waals surface area contributed by atoms with Gasteiger partial charge in [0.1, 0.15) is 0 Å². The van der Waals surface area contributed by atoms with E-state index in [-0.39, 0.29) is 0 Å². The van der Waals surface area contributed by atoms with Crippen molar-refractivity contribution in [3.8, 4) is 0 Å². The average Bonchev–Trinajstić information content (AvgIpc) is 2.00. The minimum atomic E-state index is -6.41. The molecule has 16 heavy (non-hydrogen) atoms. The third-order valence-corrected chi connectivity index (χ3v) is 1.82. The van der Waals surface area contributed by atoms with Crippen molar-refractivity contribution in [2.45, 2.75) is 17.6 Å². The second-order valence-electron chi connectivity index (χ2n) is 2.35. The molecule has 100 valence electrons. The van der Waals surface area contributed by atoms with Gasteiger partial charge in [-0.25, -0.2) is 4.39 Å². The van der Waals surface area contributed by atoms with Gasteiger partial charge >= 0.3 is 21.5 Å². The van der Waals surface area contributed by atoms with Gasteiger partial charge in [-0.1, -0.05) is 0 Å². The van der Waals surface area contributed by atoms with Gasteiger partial charge in [0.15, 0.2) is 0 Å². The number of hydrogen-bond acceptors (Lipinski definition) is 3. The second kappa shape index (κ2) is 5.96. The van der Waals surface area contributed by atoms with Crippen LogP contribution < -0.4 is 0 Å². The molecule has 0 saturated carbocycles. The smallest absolute Gasteiger partial charge is 0.281 e. The summed E-state index contributed by atoms with van der Waals surface area (Å²) in [5.74, 6) is 0. The summed E-state index contributed by atoms with van der Waals surface area (Å²) in [6.07, 6.45) is -6.92. The Bertz CT molecular complexity index is 298. The average molecular weight is 294 g/mol. The van der Waals surface area contributed by atoms with Crippen molar-refractivity contribution in [1.29, 1.82) is 0 Å². The number of rotatable bonds is 2. The first-order valence-corrected chi connectivity index (χ1v) is 6.35. The van der Waals surface area contributed by atoms with E-state index in [1.165, 1.54) is 0 Å². The van der Waals surface area contributed by atoms with Crippen molar-refractivity contribution in [1.82, 2.24) is 0 Å². The summed E-state index contributed by atoms with van der Waals surface area (Å²) < 4.78 is 96.1. The van der Waals surface area contributed by atoms with E-state index in [2.05, 4.69) is 0 Å². The van der Waals surface area contributed by atoms with Crippen molar-refractivity contribution in [2.75, 3.05) is 12.5 Å². The Hall–Kier alpha value is -0.160. The molecule has 1 N–H and O–H groups in total. The Kier molecular flexibility index (Phi) is 6.78. The maximum absolute atomic E-state index is 11.9. The van der Waals surface area contributed by atoms with Crippen LogP contribution in [-0.4, -0.2) is 43.1 Å². The molecule has 0 aliphatic heterocycles. The van der Waals surface area contributed by atoms with Gasteiger partial charge in [0.2, 0.25) is 0 Å². The van der Waals surface area contributed by atoms with E-state index in [0.717, 1.165) is 0 Å². The Morgan fingerprint density at radius 3 is 1.44 bits per heavy atom. The van der Waals surface area contributed by atoms with Crippen LogP contribution in [0, 0.1) is 0 Å². The van der Waals surface area contributed by atoms with Crippen LogP contribution in [0.15, 0.2) is 0 Å². The van der Waals surface area contributed by atoms with Crippen molar-refractivity contribution in [3.63, 3.8) is 0 Å². The van der Waals surface area contributed by atoms with Gasteiger partial charge in [-0.15, -0.1) is 0 Å². The lowest BCUT2D eigenvalue weighted by atomic mass is 10.4. The van der Waals surface area contributed by atoms with E-state index in [4.69, 9.17) is 4.55 Å². The lowest BCUT2D eigenvalue weighted by molar-refractivity contribution is -0.223. The van der Waals surface area contributed by atoms with Crippen LogP contribution in [0.5, 0.6) is 0 Å². The summed E-state index contributed by atoms with van der Waals surface area (Å²) in [4.78, 5) is 0. The zero-order chi connectivity index (χ0) is 13.8. The topological polar surface area (TPSA) is 54.4 Å². The predicted molar refractivity (Wildman–Crippen MR) is 46.9 cm³/mol.